The van der Waals surface area contributed by atoms with Gasteiger partial charge in [-0.2, -0.15) is 5.26 Å². The standard InChI is InChI=1S/C23H24N2O5S/c1-4-28-23(26)20-14(2)30-22(25)18(11-24)21(20)15-7-8-19(27-3)16(10-15)12-31-13-17-6-5-9-29-17/h5-10,21H,4,12-13,25H2,1-3H3. The van der Waals surface area contributed by atoms with E-state index in [4.69, 9.17) is 24.4 Å². The molecule has 0 fully saturated rings. The molecule has 8 heteroatoms. The fourth-order valence-electron chi connectivity index (χ4n) is 3.44. The van der Waals surface area contributed by atoms with E-state index in [0.29, 0.717) is 17.3 Å². The Balaban J connectivity index is 1.98. The molecule has 1 unspecified atom stereocenters. The fraction of sp³-hybridized carbons (Fsp3) is 0.304. The summed E-state index contributed by atoms with van der Waals surface area (Å²) in [4.78, 5) is 12.7. The predicted octanol–water partition coefficient (Wildman–Crippen LogP) is 4.37. The van der Waals surface area contributed by atoms with Crippen molar-refractivity contribution in [3.8, 4) is 11.8 Å². The number of carbonyl (C=O) groups excluding carboxylic acids is 1. The smallest absolute Gasteiger partial charge is 0.338 e. The number of nitrogens with zero attached hydrogens (tertiary/aromatic N) is 1. The second-order valence-corrected chi connectivity index (χ2v) is 7.74. The van der Waals surface area contributed by atoms with E-state index in [9.17, 15) is 10.1 Å². The minimum atomic E-state index is -0.683. The second kappa shape index (κ2) is 10.1. The van der Waals surface area contributed by atoms with Crippen LogP contribution in [0.2, 0.25) is 0 Å². The molecule has 3 rings (SSSR count). The molecule has 2 heterocycles. The van der Waals surface area contributed by atoms with Gasteiger partial charge in [-0.3, -0.25) is 0 Å². The monoisotopic (exact) mass is 440 g/mol. The molecule has 0 saturated heterocycles. The van der Waals surface area contributed by atoms with Crippen molar-refractivity contribution in [2.24, 2.45) is 5.73 Å². The van der Waals surface area contributed by atoms with E-state index in [0.717, 1.165) is 22.6 Å². The number of esters is 1. The number of nitriles is 1. The van der Waals surface area contributed by atoms with E-state index in [1.807, 2.05) is 30.3 Å². The van der Waals surface area contributed by atoms with Crippen LogP contribution in [0.4, 0.5) is 0 Å². The molecule has 1 atom stereocenters. The molecule has 1 aromatic heterocycles. The van der Waals surface area contributed by atoms with Crippen molar-refractivity contribution in [1.29, 1.82) is 5.26 Å². The summed E-state index contributed by atoms with van der Waals surface area (Å²) in [6.45, 7) is 3.58. The summed E-state index contributed by atoms with van der Waals surface area (Å²) in [5.41, 5.74) is 8.09. The number of hydrogen-bond donors (Lipinski definition) is 1. The first-order valence-corrected chi connectivity index (χ1v) is 10.9. The van der Waals surface area contributed by atoms with Crippen molar-refractivity contribution in [2.45, 2.75) is 31.3 Å². The summed E-state index contributed by atoms with van der Waals surface area (Å²) in [5, 5.41) is 9.74. The van der Waals surface area contributed by atoms with Gasteiger partial charge in [-0.15, -0.1) is 11.8 Å². The van der Waals surface area contributed by atoms with E-state index < -0.39 is 11.9 Å². The van der Waals surface area contributed by atoms with Crippen LogP contribution in [0.1, 0.15) is 36.7 Å². The maximum atomic E-state index is 12.7. The summed E-state index contributed by atoms with van der Waals surface area (Å²) >= 11 is 1.67. The third-order valence-corrected chi connectivity index (χ3v) is 5.82. The molecule has 1 aliphatic heterocycles. The van der Waals surface area contributed by atoms with Gasteiger partial charge < -0.3 is 24.4 Å². The van der Waals surface area contributed by atoms with Crippen LogP contribution in [-0.4, -0.2) is 19.7 Å². The molecule has 31 heavy (non-hydrogen) atoms. The van der Waals surface area contributed by atoms with Gasteiger partial charge >= 0.3 is 5.97 Å². The topological polar surface area (TPSA) is 108 Å². The Hall–Kier alpha value is -3.31. The lowest BCUT2D eigenvalue weighted by atomic mass is 9.82. The number of carbonyl (C=O) groups is 1. The molecular weight excluding hydrogens is 416 g/mol. The van der Waals surface area contributed by atoms with E-state index in [1.165, 1.54) is 0 Å². The van der Waals surface area contributed by atoms with Crippen LogP contribution in [-0.2, 0) is 25.8 Å². The Morgan fingerprint density at radius 1 is 1.32 bits per heavy atom. The summed E-state index contributed by atoms with van der Waals surface area (Å²) in [6, 6.07) is 11.5. The van der Waals surface area contributed by atoms with Gasteiger partial charge in [-0.25, -0.2) is 4.79 Å². The van der Waals surface area contributed by atoms with Crippen molar-refractivity contribution < 1.29 is 23.4 Å². The van der Waals surface area contributed by atoms with Gasteiger partial charge in [0.2, 0.25) is 5.88 Å². The molecule has 1 aromatic carbocycles. The van der Waals surface area contributed by atoms with Crippen LogP contribution in [0.15, 0.2) is 63.8 Å². The van der Waals surface area contributed by atoms with E-state index in [1.54, 1.807) is 39.0 Å². The zero-order valence-corrected chi connectivity index (χ0v) is 18.5. The van der Waals surface area contributed by atoms with Gasteiger partial charge in [0.25, 0.3) is 0 Å². The van der Waals surface area contributed by atoms with Crippen LogP contribution >= 0.6 is 11.8 Å². The van der Waals surface area contributed by atoms with Gasteiger partial charge in [-0.1, -0.05) is 12.1 Å². The van der Waals surface area contributed by atoms with Gasteiger partial charge in [0.15, 0.2) is 0 Å². The first kappa shape index (κ1) is 22.4. The van der Waals surface area contributed by atoms with Crippen molar-refractivity contribution in [2.75, 3.05) is 13.7 Å². The normalized spacial score (nSPS) is 16.0. The molecule has 0 spiro atoms. The largest absolute Gasteiger partial charge is 0.496 e. The van der Waals surface area contributed by atoms with E-state index in [2.05, 4.69) is 6.07 Å². The molecule has 2 N–H and O–H groups in total. The number of hydrogen-bond acceptors (Lipinski definition) is 8. The van der Waals surface area contributed by atoms with Crippen molar-refractivity contribution in [1.82, 2.24) is 0 Å². The molecule has 0 amide bonds. The SMILES string of the molecule is CCOC(=O)C1=C(C)OC(N)=C(C#N)C1c1ccc(OC)c(CSCc2ccco2)c1. The molecule has 7 nitrogen and oxygen atoms in total. The molecular formula is C23H24N2O5S. The maximum absolute atomic E-state index is 12.7. The highest BCUT2D eigenvalue weighted by atomic mass is 32.2. The number of thioether (sulfide) groups is 1. The average molecular weight is 441 g/mol. The lowest BCUT2D eigenvalue weighted by molar-refractivity contribution is -0.139. The average Bonchev–Trinajstić information content (AvgIpc) is 3.27. The summed E-state index contributed by atoms with van der Waals surface area (Å²) in [5.74, 6) is 2.06. The molecule has 2 aromatic rings. The Labute approximate surface area is 185 Å². The predicted molar refractivity (Wildman–Crippen MR) is 117 cm³/mol. The highest BCUT2D eigenvalue weighted by Gasteiger charge is 2.36. The van der Waals surface area contributed by atoms with Gasteiger partial charge in [0.05, 0.1) is 37.2 Å². The lowest BCUT2D eigenvalue weighted by Crippen LogP contribution is -2.25. The Bertz CT molecular complexity index is 1050. The summed E-state index contributed by atoms with van der Waals surface area (Å²) in [6.07, 6.45) is 1.65. The van der Waals surface area contributed by atoms with Crippen molar-refractivity contribution in [3.05, 3.63) is 76.3 Å². The number of allylic oxidation sites excluding steroid dienone is 2. The highest BCUT2D eigenvalue weighted by molar-refractivity contribution is 7.97. The summed E-state index contributed by atoms with van der Waals surface area (Å²) < 4.78 is 21.6. The van der Waals surface area contributed by atoms with Gasteiger partial charge in [-0.05, 0) is 37.6 Å². The first-order chi connectivity index (χ1) is 15.0. The third kappa shape index (κ3) is 4.89. The van der Waals surface area contributed by atoms with Gasteiger partial charge in [0.1, 0.15) is 28.9 Å². The fourth-order valence-corrected chi connectivity index (χ4v) is 4.35. The number of ether oxygens (including phenoxy) is 3. The molecule has 0 radical (unpaired) electrons. The zero-order chi connectivity index (χ0) is 22.4. The van der Waals surface area contributed by atoms with Crippen molar-refractivity contribution in [3.63, 3.8) is 0 Å². The van der Waals surface area contributed by atoms with Crippen LogP contribution < -0.4 is 10.5 Å². The Morgan fingerprint density at radius 2 is 2.13 bits per heavy atom. The summed E-state index contributed by atoms with van der Waals surface area (Å²) in [7, 11) is 1.61. The number of nitrogens with two attached hydrogens (primary N) is 1. The molecule has 162 valence electrons. The van der Waals surface area contributed by atoms with E-state index in [-0.39, 0.29) is 23.6 Å². The first-order valence-electron chi connectivity index (χ1n) is 9.72. The quantitative estimate of drug-likeness (QED) is 0.603. The zero-order valence-electron chi connectivity index (χ0n) is 17.6. The second-order valence-electron chi connectivity index (χ2n) is 6.76. The number of furan rings is 1. The minimum Gasteiger partial charge on any atom is -0.496 e. The van der Waals surface area contributed by atoms with Crippen LogP contribution in [0.3, 0.4) is 0 Å². The number of benzene rings is 1. The Morgan fingerprint density at radius 3 is 2.77 bits per heavy atom. The molecule has 0 bridgehead atoms. The van der Waals surface area contributed by atoms with Crippen LogP contribution in [0, 0.1) is 11.3 Å². The van der Waals surface area contributed by atoms with Crippen molar-refractivity contribution >= 4 is 17.7 Å². The number of rotatable bonds is 8. The molecule has 0 aliphatic carbocycles. The Kier molecular flexibility index (Phi) is 7.32. The molecule has 0 saturated carbocycles. The number of methoxy groups -OCH3 is 1. The van der Waals surface area contributed by atoms with Crippen LogP contribution in [0.5, 0.6) is 5.75 Å². The van der Waals surface area contributed by atoms with Crippen LogP contribution in [0.25, 0.3) is 0 Å². The van der Waals surface area contributed by atoms with E-state index >= 15 is 0 Å². The lowest BCUT2D eigenvalue weighted by Gasteiger charge is -2.27. The highest BCUT2D eigenvalue weighted by Crippen LogP contribution is 2.41. The minimum absolute atomic E-state index is 0.0115. The molecule has 1 aliphatic rings. The maximum Gasteiger partial charge on any atom is 0.338 e. The third-order valence-electron chi connectivity index (χ3n) is 4.82. The van der Waals surface area contributed by atoms with Gasteiger partial charge in [0, 0.05) is 11.3 Å².